The zero-order valence-electron chi connectivity index (χ0n) is 12.3. The lowest BCUT2D eigenvalue weighted by Crippen LogP contribution is -2.25. The fraction of sp³-hybridized carbons (Fsp3) is 0.562. The lowest BCUT2D eigenvalue weighted by Gasteiger charge is -2.20. The first-order chi connectivity index (χ1) is 10.1. The minimum atomic E-state index is -0.159. The smallest absolute Gasteiger partial charge is 0.305 e. The van der Waals surface area contributed by atoms with E-state index in [0.29, 0.717) is 18.9 Å². The highest BCUT2D eigenvalue weighted by atomic mass is 79.9. The molecule has 1 aromatic rings. The Kier molecular flexibility index (Phi) is 6.18. The highest BCUT2D eigenvalue weighted by molar-refractivity contribution is 9.10. The van der Waals surface area contributed by atoms with Gasteiger partial charge in [0.25, 0.3) is 0 Å². The average molecular weight is 358 g/mol. The van der Waals surface area contributed by atoms with E-state index in [1.54, 1.807) is 6.07 Å². The Labute approximate surface area is 133 Å². The summed E-state index contributed by atoms with van der Waals surface area (Å²) in [6, 6.07) is 5.05. The van der Waals surface area contributed by atoms with Crippen LogP contribution < -0.4 is 0 Å². The van der Waals surface area contributed by atoms with Crippen molar-refractivity contribution in [2.75, 3.05) is 20.2 Å². The van der Waals surface area contributed by atoms with Crippen molar-refractivity contribution in [3.63, 3.8) is 0 Å². The average Bonchev–Trinajstić information content (AvgIpc) is 2.68. The summed E-state index contributed by atoms with van der Waals surface area (Å²) in [4.78, 5) is 13.6. The van der Waals surface area contributed by atoms with Crippen LogP contribution in [0.2, 0.25) is 0 Å². The minimum absolute atomic E-state index is 0.133. The van der Waals surface area contributed by atoms with Crippen LogP contribution in [0.1, 0.15) is 31.2 Å². The molecular weight excluding hydrogens is 337 g/mol. The summed E-state index contributed by atoms with van der Waals surface area (Å²) < 4.78 is 19.5. The predicted molar refractivity (Wildman–Crippen MR) is 83.4 cm³/mol. The van der Waals surface area contributed by atoms with E-state index in [1.165, 1.54) is 13.2 Å². The molecule has 1 aromatic carbocycles. The van der Waals surface area contributed by atoms with Crippen molar-refractivity contribution in [2.45, 2.75) is 32.2 Å². The van der Waals surface area contributed by atoms with Gasteiger partial charge in [-0.1, -0.05) is 15.9 Å². The summed E-state index contributed by atoms with van der Waals surface area (Å²) in [6.07, 6.45) is 3.53. The van der Waals surface area contributed by atoms with Crippen LogP contribution in [0.4, 0.5) is 4.39 Å². The number of hydrogen-bond acceptors (Lipinski definition) is 3. The maximum absolute atomic E-state index is 13.8. The zero-order chi connectivity index (χ0) is 15.2. The number of nitrogens with zero attached hydrogens (tertiary/aromatic N) is 1. The fourth-order valence-electron chi connectivity index (χ4n) is 2.81. The van der Waals surface area contributed by atoms with Crippen LogP contribution in [-0.4, -0.2) is 31.1 Å². The first kappa shape index (κ1) is 16.4. The van der Waals surface area contributed by atoms with Crippen molar-refractivity contribution in [1.82, 2.24) is 4.90 Å². The van der Waals surface area contributed by atoms with Gasteiger partial charge in [-0.15, -0.1) is 0 Å². The van der Waals surface area contributed by atoms with Gasteiger partial charge in [-0.3, -0.25) is 9.69 Å². The summed E-state index contributed by atoms with van der Waals surface area (Å²) in [6.45, 7) is 2.47. The van der Waals surface area contributed by atoms with Gasteiger partial charge in [-0.2, -0.15) is 0 Å². The Morgan fingerprint density at radius 2 is 2.24 bits per heavy atom. The minimum Gasteiger partial charge on any atom is -0.469 e. The van der Waals surface area contributed by atoms with Gasteiger partial charge in [0, 0.05) is 23.0 Å². The second-order valence-electron chi connectivity index (χ2n) is 5.59. The van der Waals surface area contributed by atoms with Crippen LogP contribution in [0.3, 0.4) is 0 Å². The maximum atomic E-state index is 13.8. The molecule has 1 saturated heterocycles. The number of carbonyl (C=O) groups excluding carboxylic acids is 1. The summed E-state index contributed by atoms with van der Waals surface area (Å²) in [5, 5.41) is 0. The third-order valence-electron chi connectivity index (χ3n) is 4.03. The molecule has 5 heteroatoms. The van der Waals surface area contributed by atoms with E-state index in [1.807, 2.05) is 6.07 Å². The molecule has 116 valence electrons. The molecule has 0 spiro atoms. The molecule has 1 aliphatic heterocycles. The fourth-order valence-corrected chi connectivity index (χ4v) is 3.22. The molecule has 0 saturated carbocycles. The number of carbonyl (C=O) groups is 1. The molecule has 0 aromatic heterocycles. The number of likely N-dealkylation sites (tertiary alicyclic amines) is 1. The van der Waals surface area contributed by atoms with Crippen molar-refractivity contribution in [3.05, 3.63) is 34.1 Å². The second kappa shape index (κ2) is 7.90. The molecule has 0 radical (unpaired) electrons. The van der Waals surface area contributed by atoms with Gasteiger partial charge in [0.15, 0.2) is 0 Å². The monoisotopic (exact) mass is 357 g/mol. The van der Waals surface area contributed by atoms with Crippen LogP contribution in [0, 0.1) is 11.7 Å². The number of methoxy groups -OCH3 is 1. The molecular formula is C16H21BrFNO2. The third kappa shape index (κ3) is 5.08. The molecule has 0 bridgehead atoms. The van der Waals surface area contributed by atoms with Gasteiger partial charge in [0.2, 0.25) is 0 Å². The van der Waals surface area contributed by atoms with Crippen molar-refractivity contribution >= 4 is 21.9 Å². The highest BCUT2D eigenvalue weighted by Crippen LogP contribution is 2.23. The molecule has 2 rings (SSSR count). The van der Waals surface area contributed by atoms with Gasteiger partial charge in [0.1, 0.15) is 5.82 Å². The van der Waals surface area contributed by atoms with Gasteiger partial charge in [-0.05, 0) is 56.5 Å². The second-order valence-corrected chi connectivity index (χ2v) is 6.50. The third-order valence-corrected chi connectivity index (χ3v) is 4.52. The summed E-state index contributed by atoms with van der Waals surface area (Å²) in [7, 11) is 1.43. The van der Waals surface area contributed by atoms with Crippen LogP contribution in [0.15, 0.2) is 22.7 Å². The van der Waals surface area contributed by atoms with Gasteiger partial charge in [0.05, 0.1) is 7.11 Å². The quantitative estimate of drug-likeness (QED) is 0.768. The lowest BCUT2D eigenvalue weighted by molar-refractivity contribution is -0.141. The Morgan fingerprint density at radius 1 is 1.43 bits per heavy atom. The number of hydrogen-bond donors (Lipinski definition) is 0. The largest absolute Gasteiger partial charge is 0.469 e. The maximum Gasteiger partial charge on any atom is 0.305 e. The number of esters is 1. The summed E-state index contributed by atoms with van der Waals surface area (Å²) >= 11 is 3.38. The zero-order valence-corrected chi connectivity index (χ0v) is 13.9. The van der Waals surface area contributed by atoms with Crippen LogP contribution in [-0.2, 0) is 16.1 Å². The van der Waals surface area contributed by atoms with Crippen molar-refractivity contribution < 1.29 is 13.9 Å². The Balaban J connectivity index is 1.91. The molecule has 1 atom stereocenters. The SMILES string of the molecule is COC(=O)C[C@H]1CCCN(Cc2cc(Br)ccc2F)CC1. The first-order valence-electron chi connectivity index (χ1n) is 7.31. The Bertz CT molecular complexity index is 495. The highest BCUT2D eigenvalue weighted by Gasteiger charge is 2.20. The standard InChI is InChI=1S/C16H21BrFNO2/c1-21-16(20)9-12-3-2-7-19(8-6-12)11-13-10-14(17)4-5-15(13)18/h4-5,10,12H,2-3,6-9,11H2,1H3/t12-/m0/s1. The number of rotatable bonds is 4. The van der Waals surface area contributed by atoms with E-state index in [-0.39, 0.29) is 11.8 Å². The Morgan fingerprint density at radius 3 is 3.00 bits per heavy atom. The van der Waals surface area contributed by atoms with Crippen LogP contribution in [0.25, 0.3) is 0 Å². The molecule has 0 unspecified atom stereocenters. The first-order valence-corrected chi connectivity index (χ1v) is 8.11. The van der Waals surface area contributed by atoms with E-state index in [0.717, 1.165) is 42.4 Å². The van der Waals surface area contributed by atoms with E-state index < -0.39 is 0 Å². The summed E-state index contributed by atoms with van der Waals surface area (Å²) in [5.41, 5.74) is 0.718. The Hall–Kier alpha value is -0.940. The number of ether oxygens (including phenoxy) is 1. The van der Waals surface area contributed by atoms with E-state index in [9.17, 15) is 9.18 Å². The predicted octanol–water partition coefficient (Wildman–Crippen LogP) is 3.75. The van der Waals surface area contributed by atoms with Gasteiger partial charge in [-0.25, -0.2) is 4.39 Å². The van der Waals surface area contributed by atoms with Gasteiger partial charge >= 0.3 is 5.97 Å². The van der Waals surface area contributed by atoms with E-state index in [2.05, 4.69) is 20.8 Å². The molecule has 0 amide bonds. The molecule has 1 aliphatic rings. The number of halogens is 2. The molecule has 21 heavy (non-hydrogen) atoms. The molecule has 1 heterocycles. The van der Waals surface area contributed by atoms with Crippen molar-refractivity contribution in [3.8, 4) is 0 Å². The molecule has 0 aliphatic carbocycles. The lowest BCUT2D eigenvalue weighted by atomic mass is 9.97. The summed E-state index contributed by atoms with van der Waals surface area (Å²) in [5.74, 6) is 0.0925. The van der Waals surface area contributed by atoms with Crippen LogP contribution in [0.5, 0.6) is 0 Å². The normalized spacial score (nSPS) is 20.0. The van der Waals surface area contributed by atoms with E-state index >= 15 is 0 Å². The molecule has 0 N–H and O–H groups in total. The van der Waals surface area contributed by atoms with Gasteiger partial charge < -0.3 is 4.74 Å². The number of benzene rings is 1. The van der Waals surface area contributed by atoms with E-state index in [4.69, 9.17) is 4.74 Å². The van der Waals surface area contributed by atoms with Crippen molar-refractivity contribution in [1.29, 1.82) is 0 Å². The van der Waals surface area contributed by atoms with Crippen molar-refractivity contribution in [2.24, 2.45) is 5.92 Å². The topological polar surface area (TPSA) is 29.5 Å². The van der Waals surface area contributed by atoms with Crippen LogP contribution >= 0.6 is 15.9 Å². The molecule has 3 nitrogen and oxygen atoms in total. The molecule has 1 fully saturated rings.